The fraction of sp³-hybridized carbons (Fsp3) is 0.0645. The molecule has 0 spiro atoms. The van der Waals surface area contributed by atoms with Crippen molar-refractivity contribution in [2.75, 3.05) is 0 Å². The number of halogens is 1. The standard InChI is InChI=1S/C31H22ClN3O/c32-27-17-23(16-22-12-7-15-33-30(22)27)25-19-26-28(36)18-24(14-13-20-8-3-1-4-9-20)34-31(26)35-29(25)21-10-5-2-6-11-21/h1-12,15-19H,13-14H2,(H,34,35,36). The molecule has 36 heavy (non-hydrogen) atoms. The summed E-state index contributed by atoms with van der Waals surface area (Å²) < 4.78 is 0. The maximum absolute atomic E-state index is 13.2. The molecule has 0 bridgehead atoms. The first-order valence-corrected chi connectivity index (χ1v) is 12.2. The van der Waals surface area contributed by atoms with Crippen LogP contribution in [0.5, 0.6) is 0 Å². The largest absolute Gasteiger partial charge is 0.343 e. The number of hydrogen-bond donors (Lipinski definition) is 1. The fourth-order valence-electron chi connectivity index (χ4n) is 4.62. The van der Waals surface area contributed by atoms with Crippen molar-refractivity contribution in [3.8, 4) is 22.4 Å². The molecule has 0 saturated carbocycles. The van der Waals surface area contributed by atoms with Crippen LogP contribution in [0.25, 0.3) is 44.3 Å². The van der Waals surface area contributed by atoms with Crippen LogP contribution in [0.15, 0.2) is 108 Å². The lowest BCUT2D eigenvalue weighted by Gasteiger charge is -2.13. The Morgan fingerprint density at radius 1 is 0.778 bits per heavy atom. The molecule has 6 rings (SSSR count). The molecule has 0 aliphatic rings. The van der Waals surface area contributed by atoms with E-state index in [0.29, 0.717) is 16.1 Å². The van der Waals surface area contributed by atoms with Crippen molar-refractivity contribution < 1.29 is 0 Å². The van der Waals surface area contributed by atoms with Gasteiger partial charge < -0.3 is 4.98 Å². The Morgan fingerprint density at radius 3 is 2.36 bits per heavy atom. The third kappa shape index (κ3) is 4.28. The van der Waals surface area contributed by atoms with Gasteiger partial charge in [-0.05, 0) is 48.2 Å². The molecule has 0 fully saturated rings. The smallest absolute Gasteiger partial charge is 0.191 e. The summed E-state index contributed by atoms with van der Waals surface area (Å²) in [5.41, 5.74) is 6.88. The van der Waals surface area contributed by atoms with Crippen molar-refractivity contribution in [3.05, 3.63) is 130 Å². The number of fused-ring (bicyclic) bond motifs is 2. The Balaban J connectivity index is 1.52. The minimum absolute atomic E-state index is 0.0475. The minimum Gasteiger partial charge on any atom is -0.343 e. The molecule has 5 heteroatoms. The highest BCUT2D eigenvalue weighted by atomic mass is 35.5. The van der Waals surface area contributed by atoms with E-state index in [-0.39, 0.29) is 5.43 Å². The lowest BCUT2D eigenvalue weighted by Crippen LogP contribution is -2.08. The molecule has 3 aromatic carbocycles. The molecular weight excluding hydrogens is 466 g/mol. The van der Waals surface area contributed by atoms with Gasteiger partial charge in [-0.1, -0.05) is 78.3 Å². The van der Waals surface area contributed by atoms with Gasteiger partial charge in [-0.25, -0.2) is 4.98 Å². The molecule has 3 aromatic heterocycles. The van der Waals surface area contributed by atoms with Gasteiger partial charge in [-0.2, -0.15) is 0 Å². The molecule has 0 atom stereocenters. The van der Waals surface area contributed by atoms with E-state index in [1.54, 1.807) is 12.3 Å². The van der Waals surface area contributed by atoms with Crippen LogP contribution in [0.3, 0.4) is 0 Å². The molecule has 3 heterocycles. The third-order valence-corrected chi connectivity index (χ3v) is 6.70. The van der Waals surface area contributed by atoms with E-state index in [4.69, 9.17) is 16.6 Å². The maximum atomic E-state index is 13.2. The molecule has 6 aromatic rings. The Kier molecular flexibility index (Phi) is 5.80. The Labute approximate surface area is 213 Å². The number of H-pyrrole nitrogens is 1. The van der Waals surface area contributed by atoms with Crippen molar-refractivity contribution in [3.63, 3.8) is 0 Å². The number of pyridine rings is 3. The molecule has 0 aliphatic carbocycles. The molecule has 0 saturated heterocycles. The van der Waals surface area contributed by atoms with E-state index < -0.39 is 0 Å². The van der Waals surface area contributed by atoms with Crippen LogP contribution in [0.4, 0.5) is 0 Å². The number of aromatic nitrogens is 3. The van der Waals surface area contributed by atoms with E-state index in [9.17, 15) is 4.79 Å². The summed E-state index contributed by atoms with van der Waals surface area (Å²) in [5, 5.41) is 2.05. The topological polar surface area (TPSA) is 58.6 Å². The van der Waals surface area contributed by atoms with Crippen molar-refractivity contribution in [2.45, 2.75) is 12.8 Å². The number of aryl methyl sites for hydroxylation is 2. The number of aromatic amines is 1. The average molecular weight is 488 g/mol. The quantitative estimate of drug-likeness (QED) is 0.278. The molecule has 4 nitrogen and oxygen atoms in total. The zero-order valence-corrected chi connectivity index (χ0v) is 20.2. The first kappa shape index (κ1) is 22.2. The second kappa shape index (κ2) is 9.40. The molecule has 1 N–H and O–H groups in total. The number of rotatable bonds is 5. The van der Waals surface area contributed by atoms with Gasteiger partial charge >= 0.3 is 0 Å². The van der Waals surface area contributed by atoms with Gasteiger partial charge in [0.25, 0.3) is 0 Å². The van der Waals surface area contributed by atoms with Crippen LogP contribution in [0, 0.1) is 0 Å². The Bertz CT molecular complexity index is 1760. The summed E-state index contributed by atoms with van der Waals surface area (Å²) in [6, 6.07) is 31.7. The number of benzene rings is 3. The van der Waals surface area contributed by atoms with E-state index in [1.807, 2.05) is 78.9 Å². The highest BCUT2D eigenvalue weighted by molar-refractivity contribution is 6.35. The normalized spacial score (nSPS) is 11.2. The number of hydrogen-bond acceptors (Lipinski definition) is 3. The summed E-state index contributed by atoms with van der Waals surface area (Å²) in [5.74, 6) is 0. The summed E-state index contributed by atoms with van der Waals surface area (Å²) in [7, 11) is 0. The summed E-state index contributed by atoms with van der Waals surface area (Å²) >= 11 is 6.62. The Hall–Kier alpha value is -4.28. The summed E-state index contributed by atoms with van der Waals surface area (Å²) in [4.78, 5) is 26.0. The highest BCUT2D eigenvalue weighted by Gasteiger charge is 2.16. The van der Waals surface area contributed by atoms with Crippen LogP contribution >= 0.6 is 11.6 Å². The van der Waals surface area contributed by atoms with Gasteiger partial charge in [0.15, 0.2) is 5.43 Å². The fourth-order valence-corrected chi connectivity index (χ4v) is 4.89. The molecular formula is C31H22ClN3O. The molecule has 0 unspecified atom stereocenters. The van der Waals surface area contributed by atoms with Crippen LogP contribution in [-0.4, -0.2) is 15.0 Å². The predicted octanol–water partition coefficient (Wildman–Crippen LogP) is 7.24. The lowest BCUT2D eigenvalue weighted by atomic mass is 9.96. The lowest BCUT2D eigenvalue weighted by molar-refractivity contribution is 0.917. The zero-order chi connectivity index (χ0) is 24.5. The Morgan fingerprint density at radius 2 is 1.56 bits per heavy atom. The van der Waals surface area contributed by atoms with E-state index in [0.717, 1.165) is 51.8 Å². The molecule has 174 valence electrons. The van der Waals surface area contributed by atoms with Gasteiger partial charge in [0.2, 0.25) is 0 Å². The van der Waals surface area contributed by atoms with Crippen molar-refractivity contribution in [2.24, 2.45) is 0 Å². The average Bonchev–Trinajstić information content (AvgIpc) is 2.92. The predicted molar refractivity (Wildman–Crippen MR) is 147 cm³/mol. The van der Waals surface area contributed by atoms with Gasteiger partial charge in [0, 0.05) is 34.5 Å². The minimum atomic E-state index is -0.0475. The highest BCUT2D eigenvalue weighted by Crippen LogP contribution is 2.36. The zero-order valence-electron chi connectivity index (χ0n) is 19.4. The first-order chi connectivity index (χ1) is 17.7. The van der Waals surface area contributed by atoms with E-state index >= 15 is 0 Å². The van der Waals surface area contributed by atoms with Crippen molar-refractivity contribution >= 4 is 33.5 Å². The second-order valence-corrected chi connectivity index (χ2v) is 9.23. The van der Waals surface area contributed by atoms with Crippen LogP contribution in [0.1, 0.15) is 11.3 Å². The SMILES string of the molecule is O=c1cc(CCc2ccccc2)[nH]c2nc(-c3ccccc3)c(-c3cc(Cl)c4ncccc4c3)cc12. The molecule has 0 radical (unpaired) electrons. The van der Waals surface area contributed by atoms with E-state index in [2.05, 4.69) is 22.1 Å². The van der Waals surface area contributed by atoms with Gasteiger partial charge in [-0.15, -0.1) is 0 Å². The third-order valence-electron chi connectivity index (χ3n) is 6.41. The number of nitrogens with one attached hydrogen (secondary N) is 1. The van der Waals surface area contributed by atoms with Crippen LogP contribution in [0.2, 0.25) is 5.02 Å². The van der Waals surface area contributed by atoms with E-state index in [1.165, 1.54) is 5.56 Å². The van der Waals surface area contributed by atoms with Crippen molar-refractivity contribution in [1.29, 1.82) is 0 Å². The second-order valence-electron chi connectivity index (χ2n) is 8.82. The van der Waals surface area contributed by atoms with Gasteiger partial charge in [-0.3, -0.25) is 9.78 Å². The molecule has 0 aliphatic heterocycles. The van der Waals surface area contributed by atoms with Crippen LogP contribution in [-0.2, 0) is 12.8 Å². The summed E-state index contributed by atoms with van der Waals surface area (Å²) in [6.45, 7) is 0. The van der Waals surface area contributed by atoms with Crippen LogP contribution < -0.4 is 5.43 Å². The van der Waals surface area contributed by atoms with Gasteiger partial charge in [0.1, 0.15) is 5.65 Å². The summed E-state index contributed by atoms with van der Waals surface area (Å²) in [6.07, 6.45) is 3.30. The first-order valence-electron chi connectivity index (χ1n) is 11.9. The monoisotopic (exact) mass is 487 g/mol. The van der Waals surface area contributed by atoms with Crippen molar-refractivity contribution in [1.82, 2.24) is 15.0 Å². The number of nitrogens with zero attached hydrogens (tertiary/aromatic N) is 2. The maximum Gasteiger partial charge on any atom is 0.191 e. The molecule has 0 amide bonds. The van der Waals surface area contributed by atoms with Gasteiger partial charge in [0.05, 0.1) is 21.6 Å².